The molecule has 0 bridgehead atoms. The molecule has 3 aromatic rings. The van der Waals surface area contributed by atoms with Crippen molar-refractivity contribution in [2.24, 2.45) is 5.92 Å². The van der Waals surface area contributed by atoms with Crippen LogP contribution >= 0.6 is 0 Å². The molecule has 6 N–H and O–H groups in total. The third kappa shape index (κ3) is 16.3. The molecule has 0 saturated heterocycles. The van der Waals surface area contributed by atoms with Gasteiger partial charge in [-0.15, -0.1) is 0 Å². The molecule has 0 radical (unpaired) electrons. The SMILES string of the molecule is CC(C)CC(NC(=O)C(Cc1ccccc1)NC(=O)C(C)NC(=O)CNC(=O)C(Cc1ccc(O)cc1)NC(=O)OC(C)(C)C)C(=O)OCc1ccccc1. The number of phenols is 1. The van der Waals surface area contributed by atoms with Gasteiger partial charge in [-0.1, -0.05) is 86.6 Å². The molecule has 4 unspecified atom stereocenters. The van der Waals surface area contributed by atoms with Gasteiger partial charge in [-0.2, -0.15) is 0 Å². The lowest BCUT2D eigenvalue weighted by molar-refractivity contribution is -0.150. The Bertz CT molecular complexity index is 1730. The van der Waals surface area contributed by atoms with Gasteiger partial charge in [0.1, 0.15) is 42.1 Å². The first-order valence-electron chi connectivity index (χ1n) is 18.2. The van der Waals surface area contributed by atoms with Crippen LogP contribution < -0.4 is 26.6 Å². The number of hydrogen-bond donors (Lipinski definition) is 6. The van der Waals surface area contributed by atoms with Crippen LogP contribution in [0.25, 0.3) is 0 Å². The minimum atomic E-state index is -1.14. The van der Waals surface area contributed by atoms with E-state index in [0.29, 0.717) is 12.0 Å². The molecular formula is C41H53N5O9. The molecule has 14 heteroatoms. The number of aromatic hydroxyl groups is 1. The molecule has 14 nitrogen and oxygen atoms in total. The summed E-state index contributed by atoms with van der Waals surface area (Å²) in [5, 5.41) is 22.6. The van der Waals surface area contributed by atoms with Crippen LogP contribution in [0.4, 0.5) is 4.79 Å². The van der Waals surface area contributed by atoms with E-state index >= 15 is 0 Å². The number of carbonyl (C=O) groups is 6. The highest BCUT2D eigenvalue weighted by Crippen LogP contribution is 2.14. The fourth-order valence-corrected chi connectivity index (χ4v) is 5.32. The summed E-state index contributed by atoms with van der Waals surface area (Å²) in [5.41, 5.74) is 1.33. The van der Waals surface area contributed by atoms with Crippen LogP contribution in [0.1, 0.15) is 64.7 Å². The zero-order valence-corrected chi connectivity index (χ0v) is 32.2. The Morgan fingerprint density at radius 2 is 1.16 bits per heavy atom. The molecule has 0 aliphatic rings. The molecule has 5 amide bonds. The average molecular weight is 760 g/mol. The van der Waals surface area contributed by atoms with Crippen molar-refractivity contribution in [2.45, 2.75) is 97.2 Å². The lowest BCUT2D eigenvalue weighted by Crippen LogP contribution is -2.57. The Hall–Kier alpha value is -5.92. The Kier molecular flexibility index (Phi) is 16.7. The normalized spacial score (nSPS) is 13.3. The zero-order chi connectivity index (χ0) is 40.5. The maximum atomic E-state index is 13.7. The highest BCUT2D eigenvalue weighted by Gasteiger charge is 2.30. The number of benzene rings is 3. The summed E-state index contributed by atoms with van der Waals surface area (Å²) in [6.07, 6.45) is -0.420. The van der Waals surface area contributed by atoms with Gasteiger partial charge in [-0.3, -0.25) is 19.2 Å². The summed E-state index contributed by atoms with van der Waals surface area (Å²) in [5.74, 6) is -3.24. The van der Waals surface area contributed by atoms with Gasteiger partial charge in [0.2, 0.25) is 23.6 Å². The predicted octanol–water partition coefficient (Wildman–Crippen LogP) is 3.45. The molecule has 0 aliphatic carbocycles. The van der Waals surface area contributed by atoms with E-state index in [1.165, 1.54) is 19.1 Å². The van der Waals surface area contributed by atoms with E-state index in [1.807, 2.05) is 50.2 Å². The number of rotatable bonds is 18. The maximum Gasteiger partial charge on any atom is 0.408 e. The van der Waals surface area contributed by atoms with Crippen molar-refractivity contribution in [1.82, 2.24) is 26.6 Å². The van der Waals surface area contributed by atoms with E-state index in [4.69, 9.17) is 9.47 Å². The van der Waals surface area contributed by atoms with Gasteiger partial charge in [-0.05, 0) is 68.9 Å². The first kappa shape index (κ1) is 43.5. The van der Waals surface area contributed by atoms with Crippen LogP contribution in [0.15, 0.2) is 84.9 Å². The number of esters is 1. The smallest absolute Gasteiger partial charge is 0.408 e. The summed E-state index contributed by atoms with van der Waals surface area (Å²) in [7, 11) is 0. The molecule has 0 aromatic heterocycles. The topological polar surface area (TPSA) is 201 Å². The van der Waals surface area contributed by atoms with E-state index < -0.39 is 72.0 Å². The van der Waals surface area contributed by atoms with E-state index in [9.17, 15) is 33.9 Å². The fourth-order valence-electron chi connectivity index (χ4n) is 5.32. The van der Waals surface area contributed by atoms with Gasteiger partial charge in [0.15, 0.2) is 0 Å². The fraction of sp³-hybridized carbons (Fsp3) is 0.415. The van der Waals surface area contributed by atoms with Gasteiger partial charge in [0, 0.05) is 12.8 Å². The molecule has 296 valence electrons. The highest BCUT2D eigenvalue weighted by atomic mass is 16.6. The highest BCUT2D eigenvalue weighted by molar-refractivity contribution is 5.95. The minimum Gasteiger partial charge on any atom is -0.508 e. The van der Waals surface area contributed by atoms with E-state index in [1.54, 1.807) is 57.2 Å². The van der Waals surface area contributed by atoms with Gasteiger partial charge in [0.05, 0.1) is 6.54 Å². The Labute approximate surface area is 322 Å². The maximum absolute atomic E-state index is 13.7. The number of amides is 5. The molecule has 3 rings (SSSR count). The molecular weight excluding hydrogens is 706 g/mol. The number of hydrogen-bond acceptors (Lipinski definition) is 9. The van der Waals surface area contributed by atoms with Gasteiger partial charge in [-0.25, -0.2) is 9.59 Å². The molecule has 55 heavy (non-hydrogen) atoms. The van der Waals surface area contributed by atoms with Gasteiger partial charge in [0.25, 0.3) is 0 Å². The second-order valence-electron chi connectivity index (χ2n) is 14.6. The lowest BCUT2D eigenvalue weighted by atomic mass is 10.0. The van der Waals surface area contributed by atoms with Crippen LogP contribution in [0.2, 0.25) is 0 Å². The van der Waals surface area contributed by atoms with Crippen LogP contribution in [0, 0.1) is 5.92 Å². The second-order valence-corrected chi connectivity index (χ2v) is 14.6. The third-order valence-corrected chi connectivity index (χ3v) is 8.03. The second kappa shape index (κ2) is 21.1. The average Bonchev–Trinajstić information content (AvgIpc) is 3.12. The van der Waals surface area contributed by atoms with Crippen LogP contribution in [0.5, 0.6) is 5.75 Å². The summed E-state index contributed by atoms with van der Waals surface area (Å²) in [4.78, 5) is 78.9. The Morgan fingerprint density at radius 3 is 1.73 bits per heavy atom. The summed E-state index contributed by atoms with van der Waals surface area (Å²) in [6.45, 7) is 9.76. The molecule has 0 spiro atoms. The van der Waals surface area contributed by atoms with E-state index in [-0.39, 0.29) is 31.1 Å². The number of alkyl carbamates (subject to hydrolysis) is 1. The number of nitrogens with one attached hydrogen (secondary N) is 5. The quantitative estimate of drug-likeness (QED) is 0.105. The number of ether oxygens (including phenoxy) is 2. The van der Waals surface area contributed by atoms with E-state index in [0.717, 1.165) is 11.1 Å². The minimum absolute atomic E-state index is 0.0272. The monoisotopic (exact) mass is 759 g/mol. The van der Waals surface area contributed by atoms with E-state index in [2.05, 4.69) is 26.6 Å². The van der Waals surface area contributed by atoms with Crippen molar-refractivity contribution in [3.8, 4) is 5.75 Å². The summed E-state index contributed by atoms with van der Waals surface area (Å²) in [6, 6.07) is 19.9. The molecule has 0 heterocycles. The van der Waals surface area contributed by atoms with Crippen molar-refractivity contribution in [2.75, 3.05) is 6.54 Å². The Morgan fingerprint density at radius 1 is 0.636 bits per heavy atom. The van der Waals surface area contributed by atoms with Crippen molar-refractivity contribution < 1.29 is 43.3 Å². The van der Waals surface area contributed by atoms with Crippen molar-refractivity contribution >= 4 is 35.7 Å². The molecule has 3 aromatic carbocycles. The molecule has 0 aliphatic heterocycles. The molecule has 0 saturated carbocycles. The molecule has 4 atom stereocenters. The largest absolute Gasteiger partial charge is 0.508 e. The first-order valence-corrected chi connectivity index (χ1v) is 18.2. The van der Waals surface area contributed by atoms with Crippen molar-refractivity contribution in [1.29, 1.82) is 0 Å². The standard InChI is InChI=1S/C41H53N5O9/c1-26(2)21-34(39(52)54-25-30-15-11-8-12-16-30)45-38(51)33(22-28-13-9-7-10-14-28)44-36(49)27(3)43-35(48)24-42-37(50)32(46-40(53)55-41(4,5)6)23-29-17-19-31(47)20-18-29/h7-20,26-27,32-34,47H,21-25H2,1-6H3,(H,42,50)(H,43,48)(H,44,49)(H,45,51)(H,46,53). The van der Waals surface area contributed by atoms with Crippen LogP contribution in [-0.4, -0.2) is 77.1 Å². The zero-order valence-electron chi connectivity index (χ0n) is 32.2. The molecule has 0 fully saturated rings. The van der Waals surface area contributed by atoms with Crippen LogP contribution in [0.3, 0.4) is 0 Å². The summed E-state index contributed by atoms with van der Waals surface area (Å²) >= 11 is 0. The number of carbonyl (C=O) groups excluding carboxylic acids is 6. The van der Waals surface area contributed by atoms with Gasteiger partial charge < -0.3 is 41.2 Å². The third-order valence-electron chi connectivity index (χ3n) is 8.03. The Balaban J connectivity index is 1.65. The van der Waals surface area contributed by atoms with Gasteiger partial charge >= 0.3 is 12.1 Å². The lowest BCUT2D eigenvalue weighted by Gasteiger charge is -2.25. The van der Waals surface area contributed by atoms with Crippen molar-refractivity contribution in [3.63, 3.8) is 0 Å². The van der Waals surface area contributed by atoms with Crippen LogP contribution in [-0.2, 0) is 52.9 Å². The predicted molar refractivity (Wildman–Crippen MR) is 205 cm³/mol. The van der Waals surface area contributed by atoms with Crippen molar-refractivity contribution in [3.05, 3.63) is 102 Å². The summed E-state index contributed by atoms with van der Waals surface area (Å²) < 4.78 is 10.8. The first-order chi connectivity index (χ1) is 26.0. The number of phenolic OH excluding ortho intramolecular Hbond substituents is 1.